The van der Waals surface area contributed by atoms with Crippen LogP contribution in [0.4, 0.5) is 5.13 Å². The Hall–Kier alpha value is -2.84. The van der Waals surface area contributed by atoms with E-state index in [-0.39, 0.29) is 6.04 Å². The maximum absolute atomic E-state index is 4.89. The van der Waals surface area contributed by atoms with Crippen molar-refractivity contribution in [3.63, 3.8) is 0 Å². The molecule has 176 valence electrons. The molecule has 34 heavy (non-hydrogen) atoms. The summed E-state index contributed by atoms with van der Waals surface area (Å²) in [6.45, 7) is 5.94. The van der Waals surface area contributed by atoms with Crippen LogP contribution in [-0.4, -0.2) is 56.3 Å². The van der Waals surface area contributed by atoms with Gasteiger partial charge in [0.05, 0.1) is 22.3 Å². The lowest BCUT2D eigenvalue weighted by molar-refractivity contribution is 0.193. The van der Waals surface area contributed by atoms with Crippen LogP contribution in [0.3, 0.4) is 0 Å². The summed E-state index contributed by atoms with van der Waals surface area (Å²) in [5.41, 5.74) is 3.63. The quantitative estimate of drug-likeness (QED) is 0.406. The Kier molecular flexibility index (Phi) is 6.01. The molecule has 2 aliphatic rings. The number of piperazine rings is 1. The van der Waals surface area contributed by atoms with Crippen LogP contribution in [0.25, 0.3) is 10.2 Å². The van der Waals surface area contributed by atoms with E-state index in [1.54, 1.807) is 11.3 Å². The SMILES string of the molecule is Cc1ccc(C(c2nnnn2C2CCCCC2)N2CCN(c3nc4ccccc4s3)CC2)cc1. The van der Waals surface area contributed by atoms with E-state index < -0.39 is 0 Å². The number of rotatable bonds is 5. The molecule has 1 aliphatic carbocycles. The molecule has 8 heteroatoms. The Bertz CT molecular complexity index is 1200. The van der Waals surface area contributed by atoms with E-state index in [4.69, 9.17) is 4.98 Å². The van der Waals surface area contributed by atoms with E-state index in [1.165, 1.54) is 47.9 Å². The number of tetrazole rings is 1. The molecule has 0 radical (unpaired) electrons. The van der Waals surface area contributed by atoms with E-state index in [1.807, 2.05) is 0 Å². The number of hydrogen-bond donors (Lipinski definition) is 0. The number of nitrogens with zero attached hydrogens (tertiary/aromatic N) is 7. The average Bonchev–Trinajstić information content (AvgIpc) is 3.54. The van der Waals surface area contributed by atoms with Gasteiger partial charge in [0.1, 0.15) is 0 Å². The molecule has 1 atom stereocenters. The van der Waals surface area contributed by atoms with E-state index >= 15 is 0 Å². The molecule has 0 bridgehead atoms. The van der Waals surface area contributed by atoms with Gasteiger partial charge in [-0.15, -0.1) is 5.10 Å². The molecular weight excluding hydrogens is 442 g/mol. The highest BCUT2D eigenvalue weighted by molar-refractivity contribution is 7.22. The summed E-state index contributed by atoms with van der Waals surface area (Å²) in [5, 5.41) is 14.4. The summed E-state index contributed by atoms with van der Waals surface area (Å²) in [7, 11) is 0. The number of hydrogen-bond acceptors (Lipinski definition) is 7. The first kappa shape index (κ1) is 21.7. The third-order valence-electron chi connectivity index (χ3n) is 7.31. The van der Waals surface area contributed by atoms with Crippen molar-refractivity contribution >= 4 is 26.7 Å². The Balaban J connectivity index is 1.27. The third-order valence-corrected chi connectivity index (χ3v) is 8.41. The van der Waals surface area contributed by atoms with Crippen molar-refractivity contribution in [1.82, 2.24) is 30.1 Å². The van der Waals surface area contributed by atoms with Crippen LogP contribution in [-0.2, 0) is 0 Å². The standard InChI is InChI=1S/C26H31N7S/c1-19-11-13-20(14-12-19)24(25-28-29-30-33(25)21-7-3-2-4-8-21)31-15-17-32(18-16-31)26-27-22-9-5-6-10-23(22)34-26/h5-6,9-14,21,24H,2-4,7-8,15-18H2,1H3. The minimum absolute atomic E-state index is 0.0649. The van der Waals surface area contributed by atoms with Crippen molar-refractivity contribution in [2.45, 2.75) is 51.1 Å². The van der Waals surface area contributed by atoms with Gasteiger partial charge in [0, 0.05) is 26.2 Å². The minimum Gasteiger partial charge on any atom is -0.345 e. The number of para-hydroxylation sites is 1. The van der Waals surface area contributed by atoms with Crippen molar-refractivity contribution in [1.29, 1.82) is 0 Å². The highest BCUT2D eigenvalue weighted by atomic mass is 32.1. The average molecular weight is 474 g/mol. The molecule has 3 heterocycles. The van der Waals surface area contributed by atoms with Crippen molar-refractivity contribution < 1.29 is 0 Å². The van der Waals surface area contributed by atoms with Gasteiger partial charge >= 0.3 is 0 Å². The molecule has 4 aromatic rings. The Morgan fingerprint density at radius 1 is 0.912 bits per heavy atom. The maximum atomic E-state index is 4.89. The molecule has 1 unspecified atom stereocenters. The predicted octanol–water partition coefficient (Wildman–Crippen LogP) is 5.01. The number of anilines is 1. The lowest BCUT2D eigenvalue weighted by atomic mass is 9.95. The van der Waals surface area contributed by atoms with Gasteiger partial charge in [0.15, 0.2) is 11.0 Å². The predicted molar refractivity (Wildman–Crippen MR) is 136 cm³/mol. The molecule has 1 saturated carbocycles. The maximum Gasteiger partial charge on any atom is 0.186 e. The molecule has 0 amide bonds. The Morgan fingerprint density at radius 2 is 1.68 bits per heavy atom. The zero-order valence-corrected chi connectivity index (χ0v) is 20.5. The summed E-state index contributed by atoms with van der Waals surface area (Å²) in [5.74, 6) is 0.990. The zero-order valence-electron chi connectivity index (χ0n) is 19.7. The highest BCUT2D eigenvalue weighted by Crippen LogP contribution is 2.35. The van der Waals surface area contributed by atoms with Gasteiger partial charge in [-0.1, -0.05) is 72.6 Å². The lowest BCUT2D eigenvalue weighted by Gasteiger charge is -2.39. The second-order valence-corrected chi connectivity index (χ2v) is 10.6. The van der Waals surface area contributed by atoms with E-state index in [9.17, 15) is 0 Å². The fourth-order valence-electron chi connectivity index (χ4n) is 5.40. The van der Waals surface area contributed by atoms with Crippen LogP contribution in [0.5, 0.6) is 0 Å². The zero-order chi connectivity index (χ0) is 22.9. The molecule has 1 aliphatic heterocycles. The van der Waals surface area contributed by atoms with Gasteiger partial charge in [-0.05, 0) is 47.9 Å². The second-order valence-electron chi connectivity index (χ2n) is 9.57. The van der Waals surface area contributed by atoms with Crippen LogP contribution in [0.1, 0.15) is 61.1 Å². The van der Waals surface area contributed by atoms with Gasteiger partial charge in [-0.3, -0.25) is 4.90 Å². The van der Waals surface area contributed by atoms with E-state index in [2.05, 4.69) is 85.5 Å². The summed E-state index contributed by atoms with van der Waals surface area (Å²) in [6.07, 6.45) is 6.19. The van der Waals surface area contributed by atoms with Crippen molar-refractivity contribution in [3.05, 3.63) is 65.5 Å². The first-order chi connectivity index (χ1) is 16.8. The van der Waals surface area contributed by atoms with Gasteiger partial charge in [0.2, 0.25) is 0 Å². The second kappa shape index (κ2) is 9.43. The fraction of sp³-hybridized carbons (Fsp3) is 0.462. The molecule has 6 rings (SSSR count). The fourth-order valence-corrected chi connectivity index (χ4v) is 6.42. The molecule has 7 nitrogen and oxygen atoms in total. The summed E-state index contributed by atoms with van der Waals surface area (Å²) >= 11 is 1.79. The molecule has 2 fully saturated rings. The summed E-state index contributed by atoms with van der Waals surface area (Å²) in [4.78, 5) is 9.87. The molecule has 0 N–H and O–H groups in total. The number of benzene rings is 2. The van der Waals surface area contributed by atoms with Gasteiger partial charge in [-0.25, -0.2) is 9.67 Å². The highest BCUT2D eigenvalue weighted by Gasteiger charge is 2.33. The van der Waals surface area contributed by atoms with Crippen molar-refractivity contribution in [2.75, 3.05) is 31.1 Å². The number of fused-ring (bicyclic) bond motifs is 1. The number of aromatic nitrogens is 5. The molecule has 1 saturated heterocycles. The molecule has 2 aromatic carbocycles. The Morgan fingerprint density at radius 3 is 2.44 bits per heavy atom. The third kappa shape index (κ3) is 4.20. The topological polar surface area (TPSA) is 63.0 Å². The van der Waals surface area contributed by atoms with Crippen LogP contribution in [0.2, 0.25) is 0 Å². The molecule has 2 aromatic heterocycles. The monoisotopic (exact) mass is 473 g/mol. The van der Waals surface area contributed by atoms with Crippen LogP contribution >= 0.6 is 11.3 Å². The normalized spacial score (nSPS) is 19.0. The van der Waals surface area contributed by atoms with Crippen molar-refractivity contribution in [3.8, 4) is 0 Å². The Labute approximate surface area is 204 Å². The van der Waals surface area contributed by atoms with Gasteiger partial charge in [-0.2, -0.15) is 0 Å². The first-order valence-electron chi connectivity index (χ1n) is 12.5. The molecular formula is C26H31N7S. The van der Waals surface area contributed by atoms with Gasteiger partial charge < -0.3 is 4.90 Å². The summed E-state index contributed by atoms with van der Waals surface area (Å²) in [6, 6.07) is 17.8. The molecule has 0 spiro atoms. The number of aryl methyl sites for hydroxylation is 1. The summed E-state index contributed by atoms with van der Waals surface area (Å²) < 4.78 is 3.40. The number of thiazole rings is 1. The van der Waals surface area contributed by atoms with E-state index in [0.717, 1.165) is 42.7 Å². The van der Waals surface area contributed by atoms with Crippen LogP contribution in [0, 0.1) is 6.92 Å². The first-order valence-corrected chi connectivity index (χ1v) is 13.3. The lowest BCUT2D eigenvalue weighted by Crippen LogP contribution is -2.48. The smallest absolute Gasteiger partial charge is 0.186 e. The largest absolute Gasteiger partial charge is 0.345 e. The minimum atomic E-state index is 0.0649. The van der Waals surface area contributed by atoms with E-state index in [0.29, 0.717) is 6.04 Å². The van der Waals surface area contributed by atoms with Crippen molar-refractivity contribution in [2.24, 2.45) is 0 Å². The van der Waals surface area contributed by atoms with Crippen LogP contribution in [0.15, 0.2) is 48.5 Å². The van der Waals surface area contributed by atoms with Gasteiger partial charge in [0.25, 0.3) is 0 Å². The van der Waals surface area contributed by atoms with Crippen LogP contribution < -0.4 is 4.90 Å².